The number of aromatic nitrogens is 2. The number of aliphatic hydroxyl groups excluding tert-OH is 2. The van der Waals surface area contributed by atoms with E-state index in [1.54, 1.807) is 12.4 Å². The van der Waals surface area contributed by atoms with Gasteiger partial charge in [0.15, 0.2) is 12.2 Å². The lowest BCUT2D eigenvalue weighted by atomic mass is 10.2. The molecule has 0 saturated carbocycles. The van der Waals surface area contributed by atoms with Crippen molar-refractivity contribution in [3.63, 3.8) is 0 Å². The first-order chi connectivity index (χ1) is 7.46. The Morgan fingerprint density at radius 1 is 0.875 bits per heavy atom. The quantitative estimate of drug-likeness (QED) is 0.484. The van der Waals surface area contributed by atoms with Crippen LogP contribution in [0.2, 0.25) is 0 Å². The highest BCUT2D eigenvalue weighted by atomic mass is 16.4. The van der Waals surface area contributed by atoms with Crippen molar-refractivity contribution in [3.8, 4) is 0 Å². The molecule has 0 aliphatic carbocycles. The van der Waals surface area contributed by atoms with E-state index in [1.165, 1.54) is 0 Å². The standard InChI is InChI=1S/C4H4N2.C4H6O6/c1-2-4-6-5-3-1;5-1(3(7)8)2(6)4(9)10/h1-4H;1-2,5-6H,(H,7,8)(H,9,10). The maximum absolute atomic E-state index is 9.77. The molecule has 1 aromatic rings. The van der Waals surface area contributed by atoms with Crippen LogP contribution in [0.25, 0.3) is 0 Å². The number of carbonyl (C=O) groups is 2. The predicted octanol–water partition coefficient (Wildman–Crippen LogP) is -1.65. The van der Waals surface area contributed by atoms with E-state index in [2.05, 4.69) is 10.2 Å². The summed E-state index contributed by atoms with van der Waals surface area (Å²) in [6, 6.07) is 3.65. The molecule has 0 saturated heterocycles. The molecule has 0 aromatic carbocycles. The summed E-state index contributed by atoms with van der Waals surface area (Å²) >= 11 is 0. The lowest BCUT2D eigenvalue weighted by molar-refractivity contribution is -0.165. The maximum Gasteiger partial charge on any atom is 0.335 e. The molecule has 1 rings (SSSR count). The van der Waals surface area contributed by atoms with Crippen LogP contribution in [0.15, 0.2) is 24.5 Å². The zero-order chi connectivity index (χ0) is 12.6. The molecular formula is C8H10N2O6. The number of aliphatic carboxylic acids is 2. The summed E-state index contributed by atoms with van der Waals surface area (Å²) in [5, 5.41) is 39.6. The molecule has 2 unspecified atom stereocenters. The first kappa shape index (κ1) is 13.9. The minimum atomic E-state index is -2.27. The minimum absolute atomic E-state index is 1.64. The van der Waals surface area contributed by atoms with Crippen LogP contribution < -0.4 is 0 Å². The molecule has 0 fully saturated rings. The van der Waals surface area contributed by atoms with Gasteiger partial charge in [0, 0.05) is 12.4 Å². The second-order valence-corrected chi connectivity index (χ2v) is 2.48. The number of rotatable bonds is 3. The van der Waals surface area contributed by atoms with Crippen LogP contribution in [0.5, 0.6) is 0 Å². The Balaban J connectivity index is 0.000000315. The Bertz CT molecular complexity index is 286. The lowest BCUT2D eigenvalue weighted by Crippen LogP contribution is -2.39. The molecule has 0 spiro atoms. The molecule has 16 heavy (non-hydrogen) atoms. The van der Waals surface area contributed by atoms with Gasteiger partial charge in [0.05, 0.1) is 0 Å². The number of hydrogen-bond acceptors (Lipinski definition) is 6. The summed E-state index contributed by atoms with van der Waals surface area (Å²) in [5.41, 5.74) is 0. The zero-order valence-corrected chi connectivity index (χ0v) is 7.96. The first-order valence-electron chi connectivity index (χ1n) is 4.00. The number of aliphatic hydroxyl groups is 2. The van der Waals surface area contributed by atoms with E-state index in [9.17, 15) is 9.59 Å². The molecule has 8 nitrogen and oxygen atoms in total. The summed E-state index contributed by atoms with van der Waals surface area (Å²) < 4.78 is 0. The monoisotopic (exact) mass is 230 g/mol. The topological polar surface area (TPSA) is 141 Å². The van der Waals surface area contributed by atoms with Gasteiger partial charge in [-0.15, -0.1) is 0 Å². The molecular weight excluding hydrogens is 220 g/mol. The molecule has 8 heteroatoms. The van der Waals surface area contributed by atoms with Gasteiger partial charge in [-0.1, -0.05) is 0 Å². The average Bonchev–Trinajstić information content (AvgIpc) is 2.30. The number of nitrogens with zero attached hydrogens (tertiary/aromatic N) is 2. The SMILES string of the molecule is O=C(O)C(O)C(O)C(=O)O.c1ccnnc1. The average molecular weight is 230 g/mol. The molecule has 0 aliphatic rings. The second kappa shape index (κ2) is 7.26. The third-order valence-corrected chi connectivity index (χ3v) is 1.29. The van der Waals surface area contributed by atoms with Crippen LogP contribution in [0.1, 0.15) is 0 Å². The Morgan fingerprint density at radius 3 is 1.31 bits per heavy atom. The van der Waals surface area contributed by atoms with Gasteiger partial charge in [0.2, 0.25) is 0 Å². The largest absolute Gasteiger partial charge is 0.479 e. The van der Waals surface area contributed by atoms with E-state index in [-0.39, 0.29) is 0 Å². The fourth-order valence-electron chi connectivity index (χ4n) is 0.523. The summed E-state index contributed by atoms with van der Waals surface area (Å²) in [7, 11) is 0. The number of carboxylic acid groups (broad SMARTS) is 2. The van der Waals surface area contributed by atoms with Crippen LogP contribution >= 0.6 is 0 Å². The van der Waals surface area contributed by atoms with Crippen molar-refractivity contribution >= 4 is 11.9 Å². The normalized spacial score (nSPS) is 12.9. The molecule has 0 amide bonds. The van der Waals surface area contributed by atoms with Crippen LogP contribution in [0.4, 0.5) is 0 Å². The van der Waals surface area contributed by atoms with Crippen molar-refractivity contribution in [1.82, 2.24) is 10.2 Å². The van der Waals surface area contributed by atoms with E-state index in [0.717, 1.165) is 0 Å². The Hall–Kier alpha value is -2.06. The molecule has 4 N–H and O–H groups in total. The van der Waals surface area contributed by atoms with Gasteiger partial charge in [-0.05, 0) is 12.1 Å². The third kappa shape index (κ3) is 5.62. The molecule has 0 aliphatic heterocycles. The van der Waals surface area contributed by atoms with Gasteiger partial charge in [-0.3, -0.25) is 0 Å². The number of hydrogen-bond donors (Lipinski definition) is 4. The minimum Gasteiger partial charge on any atom is -0.479 e. The van der Waals surface area contributed by atoms with Gasteiger partial charge >= 0.3 is 11.9 Å². The van der Waals surface area contributed by atoms with Crippen LogP contribution in [0, 0.1) is 0 Å². The number of carboxylic acids is 2. The summed E-state index contributed by atoms with van der Waals surface area (Å²) in [4.78, 5) is 19.5. The Morgan fingerprint density at radius 2 is 1.19 bits per heavy atom. The van der Waals surface area contributed by atoms with Gasteiger partial charge in [0.25, 0.3) is 0 Å². The molecule has 2 atom stereocenters. The summed E-state index contributed by atoms with van der Waals surface area (Å²) in [5.74, 6) is -3.54. The van der Waals surface area contributed by atoms with Crippen molar-refractivity contribution < 1.29 is 30.0 Å². The van der Waals surface area contributed by atoms with E-state index >= 15 is 0 Å². The van der Waals surface area contributed by atoms with E-state index in [1.807, 2.05) is 12.1 Å². The van der Waals surface area contributed by atoms with Crippen LogP contribution in [0.3, 0.4) is 0 Å². The van der Waals surface area contributed by atoms with Crippen molar-refractivity contribution in [2.24, 2.45) is 0 Å². The Kier molecular flexibility index (Phi) is 6.33. The Labute approximate surface area is 89.8 Å². The van der Waals surface area contributed by atoms with Gasteiger partial charge in [-0.25, -0.2) is 9.59 Å². The van der Waals surface area contributed by atoms with Crippen molar-refractivity contribution in [2.75, 3.05) is 0 Å². The highest BCUT2D eigenvalue weighted by Crippen LogP contribution is 1.92. The molecule has 1 heterocycles. The maximum atomic E-state index is 9.77. The van der Waals surface area contributed by atoms with E-state index in [0.29, 0.717) is 0 Å². The van der Waals surface area contributed by atoms with Crippen molar-refractivity contribution in [1.29, 1.82) is 0 Å². The van der Waals surface area contributed by atoms with Gasteiger partial charge in [0.1, 0.15) is 0 Å². The summed E-state index contributed by atoms with van der Waals surface area (Å²) in [6.45, 7) is 0. The second-order valence-electron chi connectivity index (χ2n) is 2.48. The first-order valence-corrected chi connectivity index (χ1v) is 4.00. The van der Waals surface area contributed by atoms with Crippen molar-refractivity contribution in [2.45, 2.75) is 12.2 Å². The van der Waals surface area contributed by atoms with E-state index < -0.39 is 24.1 Å². The van der Waals surface area contributed by atoms with Crippen LogP contribution in [-0.4, -0.2) is 54.8 Å². The third-order valence-electron chi connectivity index (χ3n) is 1.29. The predicted molar refractivity (Wildman–Crippen MR) is 49.3 cm³/mol. The van der Waals surface area contributed by atoms with E-state index in [4.69, 9.17) is 20.4 Å². The zero-order valence-electron chi connectivity index (χ0n) is 7.96. The highest BCUT2D eigenvalue weighted by Gasteiger charge is 2.29. The smallest absolute Gasteiger partial charge is 0.335 e. The molecule has 1 aromatic heterocycles. The van der Waals surface area contributed by atoms with Gasteiger partial charge in [-0.2, -0.15) is 10.2 Å². The van der Waals surface area contributed by atoms with Crippen LogP contribution in [-0.2, 0) is 9.59 Å². The van der Waals surface area contributed by atoms with Gasteiger partial charge < -0.3 is 20.4 Å². The molecule has 0 radical (unpaired) electrons. The fourth-order valence-corrected chi connectivity index (χ4v) is 0.523. The molecule has 0 bridgehead atoms. The highest BCUT2D eigenvalue weighted by molar-refractivity contribution is 5.83. The summed E-state index contributed by atoms with van der Waals surface area (Å²) in [6.07, 6.45) is -1.25. The fraction of sp³-hybridized carbons (Fsp3) is 0.250. The molecule has 88 valence electrons. The van der Waals surface area contributed by atoms with Crippen molar-refractivity contribution in [3.05, 3.63) is 24.5 Å². The lowest BCUT2D eigenvalue weighted by Gasteiger charge is -2.07.